The smallest absolute Gasteiger partial charge is 0.307 e. The van der Waals surface area contributed by atoms with E-state index in [4.69, 9.17) is 23.2 Å². The Bertz CT molecular complexity index is 983. The van der Waals surface area contributed by atoms with Gasteiger partial charge in [0.25, 0.3) is 5.91 Å². The molecule has 0 radical (unpaired) electrons. The van der Waals surface area contributed by atoms with Crippen molar-refractivity contribution in [1.82, 2.24) is 21.7 Å². The fraction of sp³-hybridized carbons (Fsp3) is 0.158. The number of rotatable bonds is 5. The predicted molar refractivity (Wildman–Crippen MR) is 114 cm³/mol. The summed E-state index contributed by atoms with van der Waals surface area (Å²) in [6.45, 7) is 0. The lowest BCUT2D eigenvalue weighted by molar-refractivity contribution is -0.128. The van der Waals surface area contributed by atoms with E-state index in [-0.39, 0.29) is 11.4 Å². The zero-order valence-electron chi connectivity index (χ0n) is 15.5. The molecule has 1 aliphatic heterocycles. The molecule has 2 aromatic carbocycles. The Kier molecular flexibility index (Phi) is 7.10. The number of halogens is 2. The summed E-state index contributed by atoms with van der Waals surface area (Å²) in [7, 11) is 0. The van der Waals surface area contributed by atoms with Crippen molar-refractivity contribution in [2.24, 2.45) is 4.99 Å². The van der Waals surface area contributed by atoms with Crippen LogP contribution >= 0.6 is 23.2 Å². The second-order valence-corrected chi connectivity index (χ2v) is 7.14. The van der Waals surface area contributed by atoms with E-state index in [0.29, 0.717) is 23.0 Å². The van der Waals surface area contributed by atoms with Gasteiger partial charge in [-0.05, 0) is 23.8 Å². The van der Waals surface area contributed by atoms with Gasteiger partial charge in [-0.1, -0.05) is 53.5 Å². The maximum Gasteiger partial charge on any atom is 0.337 e. The molecule has 0 bridgehead atoms. The lowest BCUT2D eigenvalue weighted by atomic mass is 10.1. The number of urea groups is 1. The molecule has 1 heterocycles. The minimum Gasteiger partial charge on any atom is -0.307 e. The van der Waals surface area contributed by atoms with Crippen LogP contribution in [0.1, 0.15) is 12.0 Å². The van der Waals surface area contributed by atoms with Crippen LogP contribution in [0.2, 0.25) is 10.0 Å². The van der Waals surface area contributed by atoms with Gasteiger partial charge >= 0.3 is 6.03 Å². The van der Waals surface area contributed by atoms with Gasteiger partial charge in [-0.3, -0.25) is 30.9 Å². The highest BCUT2D eigenvalue weighted by atomic mass is 35.5. The third-order valence-electron chi connectivity index (χ3n) is 4.03. The first-order chi connectivity index (χ1) is 14.4. The number of carbonyl (C=O) groups excluding carboxylic acids is 3. The normalized spacial score (nSPS) is 15.3. The van der Waals surface area contributed by atoms with E-state index < -0.39 is 23.9 Å². The Balaban J connectivity index is 1.50. The molecule has 0 saturated carbocycles. The van der Waals surface area contributed by atoms with Crippen LogP contribution in [0.5, 0.6) is 0 Å². The molecule has 0 saturated heterocycles. The van der Waals surface area contributed by atoms with Gasteiger partial charge < -0.3 is 5.32 Å². The van der Waals surface area contributed by atoms with Crippen molar-refractivity contribution in [3.05, 3.63) is 64.1 Å². The number of anilines is 1. The van der Waals surface area contributed by atoms with Gasteiger partial charge in [0.2, 0.25) is 5.91 Å². The van der Waals surface area contributed by atoms with E-state index in [1.54, 1.807) is 6.07 Å². The van der Waals surface area contributed by atoms with Crippen LogP contribution in [0.3, 0.4) is 0 Å². The number of amides is 4. The monoisotopic (exact) mass is 448 g/mol. The fourth-order valence-corrected chi connectivity index (χ4v) is 2.90. The highest BCUT2D eigenvalue weighted by Gasteiger charge is 2.26. The minimum atomic E-state index is -0.912. The van der Waals surface area contributed by atoms with E-state index in [1.165, 1.54) is 12.1 Å². The Hall–Kier alpha value is -3.30. The average molecular weight is 449 g/mol. The highest BCUT2D eigenvalue weighted by molar-refractivity contribution is 6.42. The molecule has 0 aromatic heterocycles. The number of nitrogens with zero attached hydrogens (tertiary/aromatic N) is 1. The van der Waals surface area contributed by atoms with Crippen LogP contribution in [0.15, 0.2) is 53.5 Å². The molecule has 30 heavy (non-hydrogen) atoms. The van der Waals surface area contributed by atoms with E-state index in [2.05, 4.69) is 32.0 Å². The molecule has 5 N–H and O–H groups in total. The van der Waals surface area contributed by atoms with E-state index in [0.717, 1.165) is 5.56 Å². The summed E-state index contributed by atoms with van der Waals surface area (Å²) in [6, 6.07) is 12.5. The maximum atomic E-state index is 12.1. The summed E-state index contributed by atoms with van der Waals surface area (Å²) in [5.41, 5.74) is 11.0. The zero-order chi connectivity index (χ0) is 21.5. The number of hydrogen-bond donors (Lipinski definition) is 5. The molecular formula is C19H18Cl2N6O3. The quantitative estimate of drug-likeness (QED) is 0.449. The minimum absolute atomic E-state index is 0.237. The standard InChI is InChI=1S/C19H18Cl2N6O3/c20-13-7-6-12(9-14(13)21)22-19(30)27-25-17(28)10-15-18(29)26-24-16(23-15)8-11-4-2-1-3-5-11/h1-7,9,15H,8,10H2,(H,23,24)(H,25,28)(H,26,29)(H2,22,27,30)/t15-/m1/s1. The predicted octanol–water partition coefficient (Wildman–Crippen LogP) is 2.18. The summed E-state index contributed by atoms with van der Waals surface area (Å²) in [4.78, 5) is 40.3. The van der Waals surface area contributed by atoms with Gasteiger partial charge in [0, 0.05) is 12.1 Å². The Morgan fingerprint density at radius 3 is 2.50 bits per heavy atom. The van der Waals surface area contributed by atoms with Gasteiger partial charge in [0.15, 0.2) is 0 Å². The first-order valence-corrected chi connectivity index (χ1v) is 9.63. The van der Waals surface area contributed by atoms with Crippen LogP contribution in [0.25, 0.3) is 0 Å². The lowest BCUT2D eigenvalue weighted by Gasteiger charge is -2.22. The SMILES string of the molecule is O=C(C[C@H]1N=C(Cc2ccccc2)NNC1=O)NNC(=O)Nc1ccc(Cl)c(Cl)c1. The number of benzene rings is 2. The second-order valence-electron chi connectivity index (χ2n) is 6.33. The van der Waals surface area contributed by atoms with Crippen molar-refractivity contribution in [2.45, 2.75) is 18.9 Å². The number of amidine groups is 1. The molecule has 0 spiro atoms. The summed E-state index contributed by atoms with van der Waals surface area (Å²) < 4.78 is 0. The molecule has 1 atom stereocenters. The van der Waals surface area contributed by atoms with Crippen LogP contribution in [-0.2, 0) is 16.0 Å². The van der Waals surface area contributed by atoms with Gasteiger partial charge in [0.05, 0.1) is 16.5 Å². The Morgan fingerprint density at radius 1 is 1.00 bits per heavy atom. The van der Waals surface area contributed by atoms with Gasteiger partial charge in [0.1, 0.15) is 11.9 Å². The Morgan fingerprint density at radius 2 is 1.77 bits per heavy atom. The van der Waals surface area contributed by atoms with Crippen LogP contribution in [0, 0.1) is 0 Å². The average Bonchev–Trinajstić information content (AvgIpc) is 2.72. The van der Waals surface area contributed by atoms with Crippen LogP contribution in [0.4, 0.5) is 10.5 Å². The van der Waals surface area contributed by atoms with Crippen molar-refractivity contribution >= 4 is 52.6 Å². The van der Waals surface area contributed by atoms with Crippen molar-refractivity contribution < 1.29 is 14.4 Å². The summed E-state index contributed by atoms with van der Waals surface area (Å²) in [5, 5.41) is 3.12. The van der Waals surface area contributed by atoms with E-state index in [9.17, 15) is 14.4 Å². The number of hydrogen-bond acceptors (Lipinski definition) is 5. The number of carbonyl (C=O) groups is 3. The second kappa shape index (κ2) is 9.95. The third kappa shape index (κ3) is 6.10. The van der Waals surface area contributed by atoms with Crippen molar-refractivity contribution in [1.29, 1.82) is 0 Å². The number of hydrazine groups is 2. The summed E-state index contributed by atoms with van der Waals surface area (Å²) >= 11 is 11.7. The molecule has 1 aliphatic rings. The molecule has 0 fully saturated rings. The van der Waals surface area contributed by atoms with Gasteiger partial charge in [-0.15, -0.1) is 0 Å². The van der Waals surface area contributed by atoms with E-state index >= 15 is 0 Å². The molecular weight excluding hydrogens is 431 g/mol. The highest BCUT2D eigenvalue weighted by Crippen LogP contribution is 2.24. The Labute approximate surface area is 182 Å². The van der Waals surface area contributed by atoms with Crippen molar-refractivity contribution in [3.63, 3.8) is 0 Å². The summed E-state index contributed by atoms with van der Waals surface area (Å²) in [6.07, 6.45) is 0.238. The fourth-order valence-electron chi connectivity index (χ4n) is 2.60. The molecule has 0 unspecified atom stereocenters. The molecule has 0 aliphatic carbocycles. The van der Waals surface area contributed by atoms with Crippen molar-refractivity contribution in [2.75, 3.05) is 5.32 Å². The zero-order valence-corrected chi connectivity index (χ0v) is 17.1. The van der Waals surface area contributed by atoms with Gasteiger partial charge in [-0.2, -0.15) is 0 Å². The molecule has 2 aromatic rings. The van der Waals surface area contributed by atoms with Crippen LogP contribution < -0.4 is 27.0 Å². The maximum absolute atomic E-state index is 12.1. The molecule has 9 nitrogen and oxygen atoms in total. The molecule has 156 valence electrons. The molecule has 3 rings (SSSR count). The van der Waals surface area contributed by atoms with Gasteiger partial charge in [-0.25, -0.2) is 10.2 Å². The van der Waals surface area contributed by atoms with Crippen LogP contribution in [-0.4, -0.2) is 29.7 Å². The third-order valence-corrected chi connectivity index (χ3v) is 4.77. The topological polar surface area (TPSA) is 124 Å². The number of nitrogens with one attached hydrogen (secondary N) is 5. The largest absolute Gasteiger partial charge is 0.337 e. The van der Waals surface area contributed by atoms with E-state index in [1.807, 2.05) is 30.3 Å². The van der Waals surface area contributed by atoms with Crippen molar-refractivity contribution in [3.8, 4) is 0 Å². The lowest BCUT2D eigenvalue weighted by Crippen LogP contribution is -2.53. The first kappa shape index (κ1) is 21.4. The molecule has 4 amide bonds. The number of aliphatic imine (C=N–C) groups is 1. The molecule has 11 heteroatoms. The summed E-state index contributed by atoms with van der Waals surface area (Å²) in [5.74, 6) is -0.490. The first-order valence-electron chi connectivity index (χ1n) is 8.88.